The van der Waals surface area contributed by atoms with E-state index in [0.29, 0.717) is 62.8 Å². The summed E-state index contributed by atoms with van der Waals surface area (Å²) >= 11 is 10.7. The van der Waals surface area contributed by atoms with Crippen LogP contribution >= 0.6 is 47.8 Å². The van der Waals surface area contributed by atoms with Crippen molar-refractivity contribution >= 4 is 75.9 Å². The lowest BCUT2D eigenvalue weighted by molar-refractivity contribution is 0.268. The predicted octanol–water partition coefficient (Wildman–Crippen LogP) is 8.96. The van der Waals surface area contributed by atoms with Crippen LogP contribution in [0.1, 0.15) is 18.1 Å². The molecule has 42 heavy (non-hydrogen) atoms. The van der Waals surface area contributed by atoms with Crippen LogP contribution in [0.5, 0.6) is 11.5 Å². The third-order valence-corrected chi connectivity index (χ3v) is 8.39. The smallest absolute Gasteiger partial charge is 0.282 e. The molecule has 6 aromatic rings. The molecule has 0 amide bonds. The third-order valence-electron chi connectivity index (χ3n) is 6.47. The molecular formula is C32H22Br3N3O4. The molecule has 7 nitrogen and oxygen atoms in total. The molecule has 0 aliphatic rings. The Balaban J connectivity index is 1.39. The molecule has 10 heteroatoms. The van der Waals surface area contributed by atoms with Crippen LogP contribution in [-0.4, -0.2) is 22.5 Å². The number of hydrogen-bond acceptors (Lipinski definition) is 6. The number of ether oxygens (including phenoxy) is 2. The molecule has 0 spiro atoms. The van der Waals surface area contributed by atoms with Crippen molar-refractivity contribution in [2.24, 2.45) is 5.10 Å². The summed E-state index contributed by atoms with van der Waals surface area (Å²) in [5, 5.41) is 5.95. The van der Waals surface area contributed by atoms with Gasteiger partial charge in [0.2, 0.25) is 5.82 Å². The molecular weight excluding hydrogens is 730 g/mol. The zero-order chi connectivity index (χ0) is 29.2. The summed E-state index contributed by atoms with van der Waals surface area (Å²) in [6.45, 7) is 2.69. The van der Waals surface area contributed by atoms with Gasteiger partial charge in [0.25, 0.3) is 5.56 Å². The Hall–Kier alpha value is -3.73. The van der Waals surface area contributed by atoms with Crippen LogP contribution in [0.3, 0.4) is 0 Å². The fourth-order valence-electron chi connectivity index (χ4n) is 4.43. The van der Waals surface area contributed by atoms with E-state index in [-0.39, 0.29) is 5.56 Å². The molecule has 0 radical (unpaired) electrons. The van der Waals surface area contributed by atoms with Gasteiger partial charge < -0.3 is 13.9 Å². The highest BCUT2D eigenvalue weighted by atomic mass is 79.9. The molecule has 0 fully saturated rings. The van der Waals surface area contributed by atoms with Crippen molar-refractivity contribution in [1.29, 1.82) is 0 Å². The first-order chi connectivity index (χ1) is 20.4. The summed E-state index contributed by atoms with van der Waals surface area (Å²) in [5.41, 5.74) is 2.62. The van der Waals surface area contributed by atoms with Crippen LogP contribution in [-0.2, 0) is 6.61 Å². The number of furan rings is 1. The van der Waals surface area contributed by atoms with Crippen LogP contribution in [0.2, 0.25) is 0 Å². The van der Waals surface area contributed by atoms with Gasteiger partial charge in [-0.15, -0.1) is 0 Å². The number of halogens is 3. The van der Waals surface area contributed by atoms with Crippen molar-refractivity contribution in [2.45, 2.75) is 13.5 Å². The van der Waals surface area contributed by atoms with E-state index in [0.717, 1.165) is 19.9 Å². The number of benzene rings is 4. The van der Waals surface area contributed by atoms with Crippen LogP contribution in [0.25, 0.3) is 33.5 Å². The van der Waals surface area contributed by atoms with Crippen LogP contribution in [0.15, 0.2) is 113 Å². The lowest BCUT2D eigenvalue weighted by Crippen LogP contribution is -2.20. The lowest BCUT2D eigenvalue weighted by atomic mass is 10.2. The van der Waals surface area contributed by atoms with Crippen molar-refractivity contribution in [1.82, 2.24) is 9.66 Å². The summed E-state index contributed by atoms with van der Waals surface area (Å²) in [6.07, 6.45) is 1.59. The molecule has 2 aromatic heterocycles. The standard InChI is InChI=1S/C32H22Br3N3O4/c1-2-40-28-14-21(25(35)16-29(28)41-18-20-11-12-22(33)15-24(20)34)17-36-38-31(30-13-19-7-3-6-10-27(19)42-30)37-26-9-5-4-8-23(26)32(38)39/h3-17H,2,18H2,1H3. The van der Waals surface area contributed by atoms with Crippen LogP contribution in [0, 0.1) is 0 Å². The number of rotatable bonds is 8. The van der Waals surface area contributed by atoms with Gasteiger partial charge >= 0.3 is 0 Å². The Bertz CT molecular complexity index is 2000. The van der Waals surface area contributed by atoms with E-state index >= 15 is 0 Å². The van der Waals surface area contributed by atoms with Gasteiger partial charge in [0.15, 0.2) is 17.3 Å². The van der Waals surface area contributed by atoms with Crippen molar-refractivity contribution < 1.29 is 13.9 Å². The molecule has 0 N–H and O–H groups in total. The van der Waals surface area contributed by atoms with Gasteiger partial charge in [-0.2, -0.15) is 9.78 Å². The Labute approximate surface area is 266 Å². The van der Waals surface area contributed by atoms with Gasteiger partial charge in [0, 0.05) is 29.9 Å². The zero-order valence-electron chi connectivity index (χ0n) is 22.2. The SMILES string of the molecule is CCOc1cc(C=Nn2c(-c3cc4ccccc4o3)nc3ccccc3c2=O)c(Br)cc1OCc1ccc(Br)cc1Br. The van der Waals surface area contributed by atoms with Gasteiger partial charge in [-0.05, 0) is 71.4 Å². The minimum absolute atomic E-state index is 0.298. The van der Waals surface area contributed by atoms with E-state index < -0.39 is 0 Å². The van der Waals surface area contributed by atoms with Crippen LogP contribution < -0.4 is 15.0 Å². The van der Waals surface area contributed by atoms with Crippen molar-refractivity contribution in [3.05, 3.63) is 120 Å². The lowest BCUT2D eigenvalue weighted by Gasteiger charge is -2.15. The number of aromatic nitrogens is 2. The quantitative estimate of drug-likeness (QED) is 0.145. The summed E-state index contributed by atoms with van der Waals surface area (Å²) in [5.74, 6) is 1.86. The zero-order valence-corrected chi connectivity index (χ0v) is 26.9. The van der Waals surface area contributed by atoms with Crippen LogP contribution in [0.4, 0.5) is 0 Å². The van der Waals surface area contributed by atoms with Gasteiger partial charge in [-0.25, -0.2) is 4.98 Å². The van der Waals surface area contributed by atoms with Gasteiger partial charge in [-0.1, -0.05) is 68.3 Å². The fraction of sp³-hybridized carbons (Fsp3) is 0.0938. The molecule has 4 aromatic carbocycles. The second-order valence-electron chi connectivity index (χ2n) is 9.24. The highest BCUT2D eigenvalue weighted by molar-refractivity contribution is 9.11. The molecule has 0 saturated heterocycles. The molecule has 0 bridgehead atoms. The molecule has 0 unspecified atom stereocenters. The van der Waals surface area contributed by atoms with Gasteiger partial charge in [0.1, 0.15) is 12.2 Å². The second kappa shape index (κ2) is 12.2. The molecule has 6 rings (SSSR count). The van der Waals surface area contributed by atoms with E-state index in [1.165, 1.54) is 4.68 Å². The van der Waals surface area contributed by atoms with E-state index in [9.17, 15) is 4.79 Å². The molecule has 2 heterocycles. The normalized spacial score (nSPS) is 11.5. The average molecular weight is 752 g/mol. The summed E-state index contributed by atoms with van der Waals surface area (Å²) < 4.78 is 22.0. The molecule has 0 aliphatic heterocycles. The molecule has 0 aliphatic carbocycles. The predicted molar refractivity (Wildman–Crippen MR) is 176 cm³/mol. The average Bonchev–Trinajstić information content (AvgIpc) is 3.42. The van der Waals surface area contributed by atoms with E-state index in [2.05, 4.69) is 52.9 Å². The fourth-order valence-corrected chi connectivity index (χ4v) is 6.01. The Morgan fingerprint density at radius 1 is 0.905 bits per heavy atom. The monoisotopic (exact) mass is 749 g/mol. The van der Waals surface area contributed by atoms with Crippen molar-refractivity contribution in [3.63, 3.8) is 0 Å². The first-order valence-corrected chi connectivity index (χ1v) is 15.4. The minimum atomic E-state index is -0.312. The Morgan fingerprint density at radius 2 is 1.69 bits per heavy atom. The Kier molecular flexibility index (Phi) is 8.28. The van der Waals surface area contributed by atoms with Crippen molar-refractivity contribution in [3.8, 4) is 23.1 Å². The topological polar surface area (TPSA) is 78.9 Å². The summed E-state index contributed by atoms with van der Waals surface area (Å²) in [4.78, 5) is 18.4. The third kappa shape index (κ3) is 5.79. The largest absolute Gasteiger partial charge is 0.490 e. The minimum Gasteiger partial charge on any atom is -0.490 e. The Morgan fingerprint density at radius 3 is 2.50 bits per heavy atom. The number of hydrogen-bond donors (Lipinski definition) is 0. The first kappa shape index (κ1) is 28.4. The maximum absolute atomic E-state index is 13.6. The summed E-state index contributed by atoms with van der Waals surface area (Å²) in [6, 6.07) is 26.3. The summed E-state index contributed by atoms with van der Waals surface area (Å²) in [7, 11) is 0. The molecule has 0 saturated carbocycles. The number of fused-ring (bicyclic) bond motifs is 2. The molecule has 210 valence electrons. The second-order valence-corrected chi connectivity index (χ2v) is 11.9. The van der Waals surface area contributed by atoms with Crippen molar-refractivity contribution in [2.75, 3.05) is 6.61 Å². The highest BCUT2D eigenvalue weighted by Crippen LogP contribution is 2.35. The number of nitrogens with zero attached hydrogens (tertiary/aromatic N) is 3. The maximum Gasteiger partial charge on any atom is 0.282 e. The highest BCUT2D eigenvalue weighted by Gasteiger charge is 2.17. The van der Waals surface area contributed by atoms with Gasteiger partial charge in [0.05, 0.1) is 23.7 Å². The van der Waals surface area contributed by atoms with E-state index in [1.807, 2.05) is 73.7 Å². The number of para-hydroxylation sites is 2. The van der Waals surface area contributed by atoms with E-state index in [1.54, 1.807) is 24.4 Å². The molecule has 0 atom stereocenters. The maximum atomic E-state index is 13.6. The van der Waals surface area contributed by atoms with Gasteiger partial charge in [-0.3, -0.25) is 4.79 Å². The van der Waals surface area contributed by atoms with E-state index in [4.69, 9.17) is 18.9 Å². The first-order valence-electron chi connectivity index (χ1n) is 13.0.